The number of benzene rings is 1. The van der Waals surface area contributed by atoms with Crippen LogP contribution in [-0.2, 0) is 6.42 Å². The van der Waals surface area contributed by atoms with Crippen molar-refractivity contribution in [2.75, 3.05) is 0 Å². The molecule has 0 saturated heterocycles. The quantitative estimate of drug-likeness (QED) is 0.562. The molecule has 3 nitrogen and oxygen atoms in total. The van der Waals surface area contributed by atoms with Crippen LogP contribution in [0.25, 0.3) is 0 Å². The Balaban J connectivity index is 3.01. The number of rotatable bonds is 2. The van der Waals surface area contributed by atoms with Crippen LogP contribution < -0.4 is 4.74 Å². The van der Waals surface area contributed by atoms with Gasteiger partial charge in [0.1, 0.15) is 5.75 Å². The van der Waals surface area contributed by atoms with Gasteiger partial charge in [0.05, 0.1) is 0 Å². The summed E-state index contributed by atoms with van der Waals surface area (Å²) in [6.07, 6.45) is -0.390. The third-order valence-electron chi connectivity index (χ3n) is 1.97. The van der Waals surface area contributed by atoms with Crippen LogP contribution in [-0.4, -0.2) is 11.3 Å². The summed E-state index contributed by atoms with van der Waals surface area (Å²) in [5, 5.41) is 8.43. The van der Waals surface area contributed by atoms with E-state index in [9.17, 15) is 4.79 Å². The summed E-state index contributed by atoms with van der Waals surface area (Å²) in [6.45, 7) is 3.88. The highest BCUT2D eigenvalue weighted by Crippen LogP contribution is 2.21. The van der Waals surface area contributed by atoms with Gasteiger partial charge in [0.15, 0.2) is 0 Å². The van der Waals surface area contributed by atoms with Gasteiger partial charge < -0.3 is 9.84 Å². The van der Waals surface area contributed by atoms with E-state index in [0.717, 1.165) is 17.5 Å². The lowest BCUT2D eigenvalue weighted by Gasteiger charge is -2.07. The molecule has 0 aromatic heterocycles. The fourth-order valence-corrected chi connectivity index (χ4v) is 1.25. The number of hydrogen-bond acceptors (Lipinski definition) is 2. The van der Waals surface area contributed by atoms with Crippen molar-refractivity contribution in [3.05, 3.63) is 29.3 Å². The number of carbonyl (C=O) groups is 1. The van der Waals surface area contributed by atoms with E-state index in [4.69, 9.17) is 5.11 Å². The van der Waals surface area contributed by atoms with Gasteiger partial charge in [-0.15, -0.1) is 0 Å². The van der Waals surface area contributed by atoms with Crippen LogP contribution in [0.2, 0.25) is 0 Å². The molecule has 0 aliphatic heterocycles. The van der Waals surface area contributed by atoms with Gasteiger partial charge in [0, 0.05) is 0 Å². The highest BCUT2D eigenvalue weighted by atomic mass is 16.7. The molecule has 1 aromatic rings. The van der Waals surface area contributed by atoms with Gasteiger partial charge in [-0.3, -0.25) is 0 Å². The molecule has 1 rings (SSSR count). The first-order chi connectivity index (χ1) is 6.15. The molecule has 0 amide bonds. The van der Waals surface area contributed by atoms with Crippen LogP contribution in [0.4, 0.5) is 4.79 Å². The van der Waals surface area contributed by atoms with E-state index in [1.54, 1.807) is 12.1 Å². The summed E-state index contributed by atoms with van der Waals surface area (Å²) in [5.41, 5.74) is 2.01. The molecule has 0 aliphatic carbocycles. The SMILES string of the molecule is CCc1cccc(OC(=O)O)c1C. The summed E-state index contributed by atoms with van der Waals surface area (Å²) in [5.74, 6) is 0.423. The monoisotopic (exact) mass is 180 g/mol. The summed E-state index contributed by atoms with van der Waals surface area (Å²) in [7, 11) is 0. The van der Waals surface area contributed by atoms with Crippen LogP contribution >= 0.6 is 0 Å². The van der Waals surface area contributed by atoms with Crippen LogP contribution in [0.1, 0.15) is 18.1 Å². The maximum Gasteiger partial charge on any atom is 0.511 e. The minimum absolute atomic E-state index is 0.423. The van der Waals surface area contributed by atoms with Crippen LogP contribution in [0.5, 0.6) is 5.75 Å². The zero-order valence-electron chi connectivity index (χ0n) is 7.70. The Hall–Kier alpha value is -1.51. The van der Waals surface area contributed by atoms with Gasteiger partial charge in [0.25, 0.3) is 0 Å². The summed E-state index contributed by atoms with van der Waals surface area (Å²) < 4.78 is 4.60. The van der Waals surface area contributed by atoms with Crippen molar-refractivity contribution in [1.29, 1.82) is 0 Å². The van der Waals surface area contributed by atoms with Crippen molar-refractivity contribution in [1.82, 2.24) is 0 Å². The van der Waals surface area contributed by atoms with E-state index in [1.165, 1.54) is 0 Å². The predicted octanol–water partition coefficient (Wildman–Crippen LogP) is 2.61. The zero-order chi connectivity index (χ0) is 9.84. The fraction of sp³-hybridized carbons (Fsp3) is 0.300. The second kappa shape index (κ2) is 3.94. The topological polar surface area (TPSA) is 46.5 Å². The Bertz CT molecular complexity index is 318. The van der Waals surface area contributed by atoms with E-state index in [-0.39, 0.29) is 0 Å². The Morgan fingerprint density at radius 2 is 2.23 bits per heavy atom. The second-order valence-electron chi connectivity index (χ2n) is 2.76. The van der Waals surface area contributed by atoms with Gasteiger partial charge in [0.2, 0.25) is 0 Å². The van der Waals surface area contributed by atoms with E-state index >= 15 is 0 Å². The van der Waals surface area contributed by atoms with Crippen molar-refractivity contribution in [2.45, 2.75) is 20.3 Å². The first kappa shape index (κ1) is 9.58. The Morgan fingerprint density at radius 3 is 2.77 bits per heavy atom. The maximum atomic E-state index is 10.3. The minimum Gasteiger partial charge on any atom is -0.449 e. The largest absolute Gasteiger partial charge is 0.511 e. The highest BCUT2D eigenvalue weighted by Gasteiger charge is 2.06. The molecule has 0 aliphatic rings. The first-order valence-corrected chi connectivity index (χ1v) is 4.14. The molecular formula is C10H12O3. The fourth-order valence-electron chi connectivity index (χ4n) is 1.25. The molecule has 0 fully saturated rings. The molecule has 70 valence electrons. The Labute approximate surface area is 77.0 Å². The highest BCUT2D eigenvalue weighted by molar-refractivity contribution is 5.62. The van der Waals surface area contributed by atoms with Crippen molar-refractivity contribution in [3.63, 3.8) is 0 Å². The van der Waals surface area contributed by atoms with E-state index in [1.807, 2.05) is 19.9 Å². The smallest absolute Gasteiger partial charge is 0.449 e. The Kier molecular flexibility index (Phi) is 2.90. The Morgan fingerprint density at radius 1 is 1.54 bits per heavy atom. The van der Waals surface area contributed by atoms with Crippen molar-refractivity contribution in [2.24, 2.45) is 0 Å². The van der Waals surface area contributed by atoms with Gasteiger partial charge in [-0.05, 0) is 30.5 Å². The predicted molar refractivity (Wildman–Crippen MR) is 49.2 cm³/mol. The molecule has 0 radical (unpaired) electrons. The normalized spacial score (nSPS) is 9.69. The van der Waals surface area contributed by atoms with Gasteiger partial charge >= 0.3 is 6.16 Å². The van der Waals surface area contributed by atoms with Crippen molar-refractivity contribution >= 4 is 6.16 Å². The lowest BCUT2D eigenvalue weighted by molar-refractivity contribution is 0.144. The summed E-state index contributed by atoms with van der Waals surface area (Å²) >= 11 is 0. The molecule has 0 bridgehead atoms. The number of ether oxygens (including phenoxy) is 1. The molecule has 1 N–H and O–H groups in total. The van der Waals surface area contributed by atoms with Crippen LogP contribution in [0, 0.1) is 6.92 Å². The molecule has 0 spiro atoms. The number of carboxylic acid groups (broad SMARTS) is 1. The molecule has 0 heterocycles. The summed E-state index contributed by atoms with van der Waals surface area (Å²) in [6, 6.07) is 5.41. The summed E-state index contributed by atoms with van der Waals surface area (Å²) in [4.78, 5) is 10.3. The average Bonchev–Trinajstić information content (AvgIpc) is 2.08. The van der Waals surface area contributed by atoms with E-state index in [0.29, 0.717) is 5.75 Å². The van der Waals surface area contributed by atoms with Crippen molar-refractivity contribution < 1.29 is 14.6 Å². The van der Waals surface area contributed by atoms with Crippen LogP contribution in [0.15, 0.2) is 18.2 Å². The lowest BCUT2D eigenvalue weighted by atomic mass is 10.1. The lowest BCUT2D eigenvalue weighted by Crippen LogP contribution is -2.05. The minimum atomic E-state index is -1.27. The van der Waals surface area contributed by atoms with Gasteiger partial charge in [-0.25, -0.2) is 4.79 Å². The molecular weight excluding hydrogens is 168 g/mol. The van der Waals surface area contributed by atoms with Gasteiger partial charge in [-0.2, -0.15) is 0 Å². The maximum absolute atomic E-state index is 10.3. The second-order valence-corrected chi connectivity index (χ2v) is 2.76. The van der Waals surface area contributed by atoms with Gasteiger partial charge in [-0.1, -0.05) is 19.1 Å². The first-order valence-electron chi connectivity index (χ1n) is 4.14. The molecule has 0 saturated carbocycles. The zero-order valence-corrected chi connectivity index (χ0v) is 7.70. The molecule has 0 atom stereocenters. The third-order valence-corrected chi connectivity index (χ3v) is 1.97. The van der Waals surface area contributed by atoms with E-state index < -0.39 is 6.16 Å². The van der Waals surface area contributed by atoms with Crippen LogP contribution in [0.3, 0.4) is 0 Å². The third kappa shape index (κ3) is 2.21. The molecule has 1 aromatic carbocycles. The van der Waals surface area contributed by atoms with Crippen molar-refractivity contribution in [3.8, 4) is 5.75 Å². The standard InChI is InChI=1S/C10H12O3/c1-3-8-5-4-6-9(7(8)2)13-10(11)12/h4-6H,3H2,1-2H3,(H,11,12). The molecule has 3 heteroatoms. The van der Waals surface area contributed by atoms with E-state index in [2.05, 4.69) is 4.74 Å². The number of hydrogen-bond donors (Lipinski definition) is 1. The molecule has 0 unspecified atom stereocenters. The molecule has 13 heavy (non-hydrogen) atoms. The number of aryl methyl sites for hydroxylation is 1. The average molecular weight is 180 g/mol.